The zero-order valence-electron chi connectivity index (χ0n) is 19.5. The summed E-state index contributed by atoms with van der Waals surface area (Å²) in [6, 6.07) is 5.77. The lowest BCUT2D eigenvalue weighted by atomic mass is 9.70. The minimum atomic E-state index is -1.18. The summed E-state index contributed by atoms with van der Waals surface area (Å²) in [7, 11) is 0. The lowest BCUT2D eigenvalue weighted by molar-refractivity contribution is -0.0859. The molecule has 2 N–H and O–H groups in total. The molecule has 32 heavy (non-hydrogen) atoms. The SMILES string of the molecule is CCOc1cc(C(C)(C)C)c2nc(C(=O)NCC(=S)CC3CC(O)(CF)C3)cc(C)c2c1. The zero-order chi connectivity index (χ0) is 23.7. The fourth-order valence-electron chi connectivity index (χ4n) is 4.33. The zero-order valence-corrected chi connectivity index (χ0v) is 20.4. The number of ether oxygens (including phenoxy) is 1. The highest BCUT2D eigenvalue weighted by atomic mass is 32.1. The average Bonchev–Trinajstić information content (AvgIpc) is 2.70. The van der Waals surface area contributed by atoms with E-state index in [2.05, 4.69) is 26.1 Å². The fraction of sp³-hybridized carbons (Fsp3) is 0.560. The van der Waals surface area contributed by atoms with E-state index in [1.165, 1.54) is 0 Å². The maximum atomic E-state index is 12.8. The van der Waals surface area contributed by atoms with Crippen LogP contribution in [0.3, 0.4) is 0 Å². The van der Waals surface area contributed by atoms with Crippen molar-refractivity contribution in [1.29, 1.82) is 0 Å². The van der Waals surface area contributed by atoms with E-state index < -0.39 is 12.3 Å². The third-order valence-corrected chi connectivity index (χ3v) is 6.30. The Kier molecular flexibility index (Phi) is 7.20. The minimum absolute atomic E-state index is 0.175. The van der Waals surface area contributed by atoms with Crippen LogP contribution in [-0.2, 0) is 5.41 Å². The summed E-state index contributed by atoms with van der Waals surface area (Å²) < 4.78 is 18.5. The predicted octanol–water partition coefficient (Wildman–Crippen LogP) is 4.84. The molecule has 1 heterocycles. The van der Waals surface area contributed by atoms with Crippen LogP contribution in [0.5, 0.6) is 5.75 Å². The number of rotatable bonds is 8. The summed E-state index contributed by atoms with van der Waals surface area (Å²) in [6.07, 6.45) is 1.43. The van der Waals surface area contributed by atoms with Gasteiger partial charge in [-0.1, -0.05) is 33.0 Å². The van der Waals surface area contributed by atoms with Crippen LogP contribution in [0.1, 0.15) is 68.6 Å². The normalized spacial score (nSPS) is 20.7. The second kappa shape index (κ2) is 9.40. The van der Waals surface area contributed by atoms with E-state index in [9.17, 15) is 14.3 Å². The van der Waals surface area contributed by atoms with Crippen molar-refractivity contribution in [3.63, 3.8) is 0 Å². The summed E-state index contributed by atoms with van der Waals surface area (Å²) in [5, 5.41) is 13.6. The number of nitrogens with zero attached hydrogens (tertiary/aromatic N) is 1. The molecule has 0 saturated heterocycles. The van der Waals surface area contributed by atoms with Gasteiger partial charge in [0.05, 0.1) is 17.7 Å². The average molecular weight is 461 g/mol. The number of benzene rings is 1. The van der Waals surface area contributed by atoms with Gasteiger partial charge in [-0.3, -0.25) is 4.79 Å². The molecule has 2 aromatic rings. The van der Waals surface area contributed by atoms with Crippen LogP contribution in [0.4, 0.5) is 4.39 Å². The summed E-state index contributed by atoms with van der Waals surface area (Å²) in [5.41, 5.74) is 1.78. The second-order valence-electron chi connectivity index (χ2n) is 9.93. The van der Waals surface area contributed by atoms with Crippen LogP contribution in [0.2, 0.25) is 0 Å². The molecule has 1 aromatic carbocycles. The van der Waals surface area contributed by atoms with Crippen molar-refractivity contribution in [2.24, 2.45) is 5.92 Å². The Morgan fingerprint density at radius 2 is 2.03 bits per heavy atom. The highest BCUT2D eigenvalue weighted by molar-refractivity contribution is 7.80. The first-order chi connectivity index (χ1) is 15.0. The molecule has 7 heteroatoms. The van der Waals surface area contributed by atoms with E-state index in [1.54, 1.807) is 6.07 Å². The van der Waals surface area contributed by atoms with Crippen LogP contribution in [0.25, 0.3) is 10.9 Å². The number of carbonyl (C=O) groups excluding carboxylic acids is 1. The number of aliphatic hydroxyl groups is 1. The number of thiocarbonyl (C=S) groups is 1. The van der Waals surface area contributed by atoms with E-state index in [1.807, 2.05) is 26.0 Å². The highest BCUT2D eigenvalue weighted by Crippen LogP contribution is 2.40. The summed E-state index contributed by atoms with van der Waals surface area (Å²) >= 11 is 5.40. The Labute approximate surface area is 194 Å². The number of aryl methyl sites for hydroxylation is 1. The predicted molar refractivity (Wildman–Crippen MR) is 130 cm³/mol. The Balaban J connectivity index is 1.76. The van der Waals surface area contributed by atoms with Gasteiger partial charge in [0.1, 0.15) is 18.1 Å². The van der Waals surface area contributed by atoms with E-state index in [4.69, 9.17) is 21.9 Å². The molecule has 0 bridgehead atoms. The quantitative estimate of drug-likeness (QED) is 0.552. The largest absolute Gasteiger partial charge is 0.494 e. The van der Waals surface area contributed by atoms with Gasteiger partial charge in [0, 0.05) is 16.8 Å². The Morgan fingerprint density at radius 1 is 1.34 bits per heavy atom. The van der Waals surface area contributed by atoms with Crippen molar-refractivity contribution in [2.45, 2.75) is 64.9 Å². The smallest absolute Gasteiger partial charge is 0.270 e. The number of nitrogens with one attached hydrogen (secondary N) is 1. The molecule has 0 aliphatic heterocycles. The molecule has 174 valence electrons. The second-order valence-corrected chi connectivity index (χ2v) is 10.5. The van der Waals surface area contributed by atoms with Gasteiger partial charge in [-0.25, -0.2) is 9.37 Å². The molecular weight excluding hydrogens is 427 g/mol. The summed E-state index contributed by atoms with van der Waals surface area (Å²) in [5.74, 6) is 0.697. The van der Waals surface area contributed by atoms with E-state index >= 15 is 0 Å². The molecule has 1 amide bonds. The molecule has 1 fully saturated rings. The maximum absolute atomic E-state index is 12.8. The van der Waals surface area contributed by atoms with Crippen molar-refractivity contribution in [1.82, 2.24) is 10.3 Å². The molecule has 1 aliphatic carbocycles. The molecule has 0 unspecified atom stereocenters. The van der Waals surface area contributed by atoms with Crippen molar-refractivity contribution < 1.29 is 19.0 Å². The van der Waals surface area contributed by atoms with Gasteiger partial charge in [-0.05, 0) is 73.8 Å². The highest BCUT2D eigenvalue weighted by Gasteiger charge is 2.42. The third-order valence-electron chi connectivity index (χ3n) is 5.99. The van der Waals surface area contributed by atoms with Gasteiger partial charge in [-0.2, -0.15) is 0 Å². The molecule has 0 radical (unpaired) electrons. The van der Waals surface area contributed by atoms with E-state index in [0.717, 1.165) is 27.8 Å². The number of carbonyl (C=O) groups is 1. The van der Waals surface area contributed by atoms with E-state index in [0.29, 0.717) is 36.4 Å². The monoisotopic (exact) mass is 460 g/mol. The number of halogens is 1. The number of amides is 1. The van der Waals surface area contributed by atoms with Crippen LogP contribution in [0.15, 0.2) is 18.2 Å². The first kappa shape index (κ1) is 24.5. The van der Waals surface area contributed by atoms with Crippen LogP contribution < -0.4 is 10.1 Å². The number of aromatic nitrogens is 1. The molecule has 1 saturated carbocycles. The first-order valence-corrected chi connectivity index (χ1v) is 11.5. The lowest BCUT2D eigenvalue weighted by Crippen LogP contribution is -2.46. The Hall–Kier alpha value is -2.12. The van der Waals surface area contributed by atoms with Crippen molar-refractivity contribution in [2.75, 3.05) is 19.8 Å². The molecule has 0 spiro atoms. The molecule has 0 atom stereocenters. The van der Waals surface area contributed by atoms with Gasteiger partial charge >= 0.3 is 0 Å². The number of fused-ring (bicyclic) bond motifs is 1. The van der Waals surface area contributed by atoms with Crippen LogP contribution >= 0.6 is 12.2 Å². The van der Waals surface area contributed by atoms with Crippen molar-refractivity contribution >= 4 is 33.9 Å². The van der Waals surface area contributed by atoms with Gasteiger partial charge in [-0.15, -0.1) is 0 Å². The summed E-state index contributed by atoms with van der Waals surface area (Å²) in [6.45, 7) is 10.4. The Bertz CT molecular complexity index is 1030. The number of hydrogen-bond donors (Lipinski definition) is 2. The molecule has 3 rings (SSSR count). The fourth-order valence-corrected chi connectivity index (χ4v) is 4.64. The van der Waals surface area contributed by atoms with E-state index in [-0.39, 0.29) is 23.8 Å². The summed E-state index contributed by atoms with van der Waals surface area (Å²) in [4.78, 5) is 18.3. The van der Waals surface area contributed by atoms with Gasteiger partial charge in [0.2, 0.25) is 0 Å². The Morgan fingerprint density at radius 3 is 2.62 bits per heavy atom. The first-order valence-electron chi connectivity index (χ1n) is 11.1. The lowest BCUT2D eigenvalue weighted by Gasteiger charge is -2.41. The number of hydrogen-bond acceptors (Lipinski definition) is 5. The van der Waals surface area contributed by atoms with Crippen LogP contribution in [-0.4, -0.2) is 46.3 Å². The number of pyridine rings is 1. The van der Waals surface area contributed by atoms with Gasteiger partial charge in [0.15, 0.2) is 0 Å². The van der Waals surface area contributed by atoms with Gasteiger partial charge < -0.3 is 15.2 Å². The topological polar surface area (TPSA) is 71.5 Å². The maximum Gasteiger partial charge on any atom is 0.270 e. The van der Waals surface area contributed by atoms with Gasteiger partial charge in [0.25, 0.3) is 5.91 Å². The third kappa shape index (κ3) is 5.44. The molecule has 1 aliphatic rings. The molecule has 1 aromatic heterocycles. The number of alkyl halides is 1. The molecular formula is C25H33FN2O3S. The van der Waals surface area contributed by atoms with Crippen molar-refractivity contribution in [3.05, 3.63) is 35.0 Å². The molecule has 5 nitrogen and oxygen atoms in total. The minimum Gasteiger partial charge on any atom is -0.494 e. The standard InChI is InChI=1S/C25H33FN2O3S/c1-6-31-17-9-19-15(2)7-21(28-22(19)20(10-17)24(3,4)5)23(29)27-13-18(32)8-16-11-25(30,12-16)14-26/h7,9-10,16,30H,6,8,11-14H2,1-5H3,(H,27,29). The van der Waals surface area contributed by atoms with Crippen molar-refractivity contribution in [3.8, 4) is 5.75 Å². The van der Waals surface area contributed by atoms with Crippen LogP contribution in [0, 0.1) is 12.8 Å².